The quantitative estimate of drug-likeness (QED) is 0.716. The molecular formula is C15H24N2O3. The summed E-state index contributed by atoms with van der Waals surface area (Å²) in [6, 6.07) is 4.47. The van der Waals surface area contributed by atoms with Gasteiger partial charge < -0.3 is 19.9 Å². The second-order valence-corrected chi connectivity index (χ2v) is 5.18. The van der Waals surface area contributed by atoms with Crippen molar-refractivity contribution in [1.29, 1.82) is 0 Å². The van der Waals surface area contributed by atoms with Gasteiger partial charge in [0.25, 0.3) is 0 Å². The maximum atomic E-state index is 9.73. The Bertz CT molecular complexity index is 422. The standard InChI is InChI=1S/C15H24N2O3/c1-3-19-9-13(18)10-20-15-7-4-11(2)17-14(15)8-16-12-5-6-12/h4,7,12-13,16,18H,3,5-6,8-10H2,1-2H3. The van der Waals surface area contributed by atoms with Gasteiger partial charge in [0.15, 0.2) is 0 Å². The van der Waals surface area contributed by atoms with E-state index in [1.807, 2.05) is 26.0 Å². The number of nitrogens with zero attached hydrogens (tertiary/aromatic N) is 1. The summed E-state index contributed by atoms with van der Waals surface area (Å²) in [4.78, 5) is 4.51. The van der Waals surface area contributed by atoms with Crippen molar-refractivity contribution in [2.45, 2.75) is 45.4 Å². The van der Waals surface area contributed by atoms with Gasteiger partial charge in [-0.15, -0.1) is 0 Å². The fourth-order valence-corrected chi connectivity index (χ4v) is 1.87. The molecule has 0 aromatic carbocycles. The summed E-state index contributed by atoms with van der Waals surface area (Å²) in [6.07, 6.45) is 1.88. The van der Waals surface area contributed by atoms with Crippen molar-refractivity contribution in [3.8, 4) is 5.75 Å². The van der Waals surface area contributed by atoms with Crippen LogP contribution < -0.4 is 10.1 Å². The Morgan fingerprint density at radius 3 is 2.90 bits per heavy atom. The maximum Gasteiger partial charge on any atom is 0.142 e. The number of hydrogen-bond acceptors (Lipinski definition) is 5. The molecule has 1 unspecified atom stereocenters. The van der Waals surface area contributed by atoms with Gasteiger partial charge >= 0.3 is 0 Å². The van der Waals surface area contributed by atoms with E-state index < -0.39 is 6.10 Å². The number of aryl methyl sites for hydroxylation is 1. The lowest BCUT2D eigenvalue weighted by molar-refractivity contribution is 0.0161. The molecule has 112 valence electrons. The molecule has 0 radical (unpaired) electrons. The third-order valence-electron chi connectivity index (χ3n) is 3.15. The Labute approximate surface area is 120 Å². The van der Waals surface area contributed by atoms with Crippen molar-refractivity contribution < 1.29 is 14.6 Å². The Kier molecular flexibility index (Phi) is 5.76. The lowest BCUT2D eigenvalue weighted by Crippen LogP contribution is -2.24. The maximum absolute atomic E-state index is 9.73. The third-order valence-corrected chi connectivity index (χ3v) is 3.15. The van der Waals surface area contributed by atoms with E-state index >= 15 is 0 Å². The van der Waals surface area contributed by atoms with Gasteiger partial charge in [-0.2, -0.15) is 0 Å². The minimum Gasteiger partial charge on any atom is -0.489 e. The average molecular weight is 280 g/mol. The van der Waals surface area contributed by atoms with Crippen molar-refractivity contribution in [2.75, 3.05) is 19.8 Å². The molecule has 1 aliphatic rings. The van der Waals surface area contributed by atoms with E-state index in [0.717, 1.165) is 17.1 Å². The summed E-state index contributed by atoms with van der Waals surface area (Å²) in [5.74, 6) is 0.735. The molecule has 1 aliphatic carbocycles. The molecule has 1 saturated carbocycles. The summed E-state index contributed by atoms with van der Waals surface area (Å²) >= 11 is 0. The fourth-order valence-electron chi connectivity index (χ4n) is 1.87. The van der Waals surface area contributed by atoms with E-state index in [2.05, 4.69) is 10.3 Å². The van der Waals surface area contributed by atoms with Gasteiger partial charge in [-0.3, -0.25) is 4.98 Å². The van der Waals surface area contributed by atoms with Crippen LogP contribution in [0.15, 0.2) is 12.1 Å². The second kappa shape index (κ2) is 7.57. The van der Waals surface area contributed by atoms with Gasteiger partial charge in [0.1, 0.15) is 18.5 Å². The zero-order chi connectivity index (χ0) is 14.4. The zero-order valence-electron chi connectivity index (χ0n) is 12.3. The Morgan fingerprint density at radius 2 is 2.20 bits per heavy atom. The zero-order valence-corrected chi connectivity index (χ0v) is 12.3. The van der Waals surface area contributed by atoms with Gasteiger partial charge in [-0.1, -0.05) is 0 Å². The normalized spacial score (nSPS) is 16.1. The van der Waals surface area contributed by atoms with Crippen molar-refractivity contribution in [3.05, 3.63) is 23.5 Å². The Morgan fingerprint density at radius 1 is 1.40 bits per heavy atom. The molecule has 0 aliphatic heterocycles. The summed E-state index contributed by atoms with van der Waals surface area (Å²) < 4.78 is 10.8. The average Bonchev–Trinajstić information content (AvgIpc) is 3.26. The number of pyridine rings is 1. The predicted octanol–water partition coefficient (Wildman–Crippen LogP) is 1.42. The van der Waals surface area contributed by atoms with Crippen LogP contribution in [-0.4, -0.2) is 42.1 Å². The lowest BCUT2D eigenvalue weighted by atomic mass is 10.2. The predicted molar refractivity (Wildman–Crippen MR) is 76.8 cm³/mol. The van der Waals surface area contributed by atoms with Gasteiger partial charge in [-0.25, -0.2) is 0 Å². The van der Waals surface area contributed by atoms with Crippen molar-refractivity contribution >= 4 is 0 Å². The molecule has 5 heteroatoms. The van der Waals surface area contributed by atoms with Crippen LogP contribution in [0, 0.1) is 6.92 Å². The highest BCUT2D eigenvalue weighted by Crippen LogP contribution is 2.22. The van der Waals surface area contributed by atoms with Crippen LogP contribution >= 0.6 is 0 Å². The summed E-state index contributed by atoms with van der Waals surface area (Å²) in [6.45, 7) is 5.70. The van der Waals surface area contributed by atoms with Crippen LogP contribution in [0.25, 0.3) is 0 Å². The van der Waals surface area contributed by atoms with Crippen LogP contribution in [0.5, 0.6) is 5.75 Å². The van der Waals surface area contributed by atoms with Crippen molar-refractivity contribution in [3.63, 3.8) is 0 Å². The van der Waals surface area contributed by atoms with Crippen LogP contribution in [0.3, 0.4) is 0 Å². The molecular weight excluding hydrogens is 256 g/mol. The topological polar surface area (TPSA) is 63.6 Å². The molecule has 0 saturated heterocycles. The SMILES string of the molecule is CCOCC(O)COc1ccc(C)nc1CNC1CC1. The highest BCUT2D eigenvalue weighted by molar-refractivity contribution is 5.29. The molecule has 0 bridgehead atoms. The van der Waals surface area contributed by atoms with Crippen molar-refractivity contribution in [1.82, 2.24) is 10.3 Å². The van der Waals surface area contributed by atoms with Gasteiger partial charge in [0, 0.05) is 24.9 Å². The van der Waals surface area contributed by atoms with E-state index in [9.17, 15) is 5.11 Å². The van der Waals surface area contributed by atoms with Gasteiger partial charge in [0.05, 0.1) is 12.3 Å². The molecule has 1 aromatic heterocycles. The molecule has 1 heterocycles. The molecule has 0 spiro atoms. The minimum absolute atomic E-state index is 0.223. The second-order valence-electron chi connectivity index (χ2n) is 5.18. The van der Waals surface area contributed by atoms with Crippen LogP contribution in [0.4, 0.5) is 0 Å². The van der Waals surface area contributed by atoms with Gasteiger partial charge in [-0.05, 0) is 38.8 Å². The smallest absolute Gasteiger partial charge is 0.142 e. The molecule has 1 atom stereocenters. The first-order valence-corrected chi connectivity index (χ1v) is 7.27. The number of nitrogens with one attached hydrogen (secondary N) is 1. The van der Waals surface area contributed by atoms with E-state index in [1.165, 1.54) is 12.8 Å². The number of aromatic nitrogens is 1. The number of rotatable bonds is 9. The molecule has 1 aromatic rings. The Balaban J connectivity index is 1.87. The first-order valence-electron chi connectivity index (χ1n) is 7.27. The van der Waals surface area contributed by atoms with Crippen LogP contribution in [0.1, 0.15) is 31.2 Å². The first kappa shape index (κ1) is 15.2. The number of hydrogen-bond donors (Lipinski definition) is 2. The Hall–Kier alpha value is -1.17. The van der Waals surface area contributed by atoms with E-state index in [4.69, 9.17) is 9.47 Å². The van der Waals surface area contributed by atoms with Crippen LogP contribution in [-0.2, 0) is 11.3 Å². The molecule has 2 rings (SSSR count). The van der Waals surface area contributed by atoms with Crippen molar-refractivity contribution in [2.24, 2.45) is 0 Å². The number of aliphatic hydroxyl groups is 1. The fraction of sp³-hybridized carbons (Fsp3) is 0.667. The molecule has 1 fully saturated rings. The monoisotopic (exact) mass is 280 g/mol. The summed E-state index contributed by atoms with van der Waals surface area (Å²) in [5, 5.41) is 13.2. The summed E-state index contributed by atoms with van der Waals surface area (Å²) in [7, 11) is 0. The number of ether oxygens (including phenoxy) is 2. The highest BCUT2D eigenvalue weighted by Gasteiger charge is 2.21. The third kappa shape index (κ3) is 5.07. The summed E-state index contributed by atoms with van der Waals surface area (Å²) in [5.41, 5.74) is 1.88. The highest BCUT2D eigenvalue weighted by atomic mass is 16.5. The molecule has 20 heavy (non-hydrogen) atoms. The molecule has 0 amide bonds. The molecule has 5 nitrogen and oxygen atoms in total. The lowest BCUT2D eigenvalue weighted by Gasteiger charge is -2.15. The first-order chi connectivity index (χ1) is 9.69. The van der Waals surface area contributed by atoms with E-state index in [0.29, 0.717) is 25.8 Å². The largest absolute Gasteiger partial charge is 0.489 e. The molecule has 2 N–H and O–H groups in total. The van der Waals surface area contributed by atoms with E-state index in [1.54, 1.807) is 0 Å². The van der Waals surface area contributed by atoms with Crippen LogP contribution in [0.2, 0.25) is 0 Å². The minimum atomic E-state index is -0.611. The van der Waals surface area contributed by atoms with E-state index in [-0.39, 0.29) is 6.61 Å². The number of aliphatic hydroxyl groups excluding tert-OH is 1. The van der Waals surface area contributed by atoms with Gasteiger partial charge in [0.2, 0.25) is 0 Å².